The first-order chi connectivity index (χ1) is 11.0. The molecule has 126 valence electrons. The Balaban J connectivity index is 2.22. The van der Waals surface area contributed by atoms with Gasteiger partial charge in [0.15, 0.2) is 0 Å². The predicted octanol–water partition coefficient (Wildman–Crippen LogP) is 2.44. The average Bonchev–Trinajstić information content (AvgIpc) is 3.03. The lowest BCUT2D eigenvalue weighted by atomic mass is 10.1. The van der Waals surface area contributed by atoms with Crippen LogP contribution in [-0.4, -0.2) is 59.0 Å². The molecule has 7 heteroatoms. The highest BCUT2D eigenvalue weighted by atomic mass is 35.5. The minimum Gasteiger partial charge on any atom is -0.395 e. The van der Waals surface area contributed by atoms with Crippen LogP contribution in [0.5, 0.6) is 0 Å². The average molecular weight is 359 g/mol. The van der Waals surface area contributed by atoms with E-state index in [0.717, 1.165) is 6.42 Å². The van der Waals surface area contributed by atoms with Gasteiger partial charge in [0.25, 0.3) is 5.91 Å². The molecule has 0 radical (unpaired) electrons. The maximum Gasteiger partial charge on any atom is 0.256 e. The number of likely N-dealkylation sites (N-methyl/N-ethyl adjacent to an activating group) is 1. The Labute approximate surface area is 145 Å². The fourth-order valence-electron chi connectivity index (χ4n) is 2.84. The molecule has 1 aliphatic rings. The van der Waals surface area contributed by atoms with E-state index >= 15 is 0 Å². The van der Waals surface area contributed by atoms with Gasteiger partial charge in [-0.2, -0.15) is 0 Å². The van der Waals surface area contributed by atoms with Crippen LogP contribution in [0.2, 0.25) is 10.0 Å². The van der Waals surface area contributed by atoms with E-state index in [2.05, 4.69) is 0 Å². The molecule has 0 spiro atoms. The van der Waals surface area contributed by atoms with Crippen molar-refractivity contribution in [2.45, 2.75) is 25.8 Å². The molecule has 1 N–H and O–H groups in total. The molecule has 0 saturated carbocycles. The van der Waals surface area contributed by atoms with Crippen molar-refractivity contribution in [2.75, 3.05) is 26.2 Å². The summed E-state index contributed by atoms with van der Waals surface area (Å²) in [4.78, 5) is 28.5. The van der Waals surface area contributed by atoms with Crippen LogP contribution >= 0.6 is 23.2 Å². The number of aliphatic hydroxyl groups excluding tert-OH is 1. The fourth-order valence-corrected chi connectivity index (χ4v) is 3.21. The lowest BCUT2D eigenvalue weighted by Gasteiger charge is -2.29. The summed E-state index contributed by atoms with van der Waals surface area (Å²) in [6, 6.07) is 4.21. The molecule has 1 saturated heterocycles. The van der Waals surface area contributed by atoms with Gasteiger partial charge in [0, 0.05) is 24.7 Å². The molecular weight excluding hydrogens is 339 g/mol. The molecule has 1 fully saturated rings. The number of rotatable bonds is 5. The second-order valence-corrected chi connectivity index (χ2v) is 6.27. The molecule has 0 aliphatic carbocycles. The van der Waals surface area contributed by atoms with Gasteiger partial charge in [-0.1, -0.05) is 23.2 Å². The summed E-state index contributed by atoms with van der Waals surface area (Å²) in [6.07, 6.45) is 1.38. The molecule has 1 unspecified atom stereocenters. The molecule has 23 heavy (non-hydrogen) atoms. The SMILES string of the molecule is CCN(CCO)C(=O)C1CCCN1C(=O)c1cc(Cl)ccc1Cl. The van der Waals surface area contributed by atoms with Crippen molar-refractivity contribution in [3.8, 4) is 0 Å². The summed E-state index contributed by atoms with van der Waals surface area (Å²) in [5, 5.41) is 9.82. The van der Waals surface area contributed by atoms with Gasteiger partial charge in [-0.25, -0.2) is 0 Å². The Hall–Kier alpha value is -1.30. The van der Waals surface area contributed by atoms with Crippen molar-refractivity contribution in [3.05, 3.63) is 33.8 Å². The maximum atomic E-state index is 12.8. The quantitative estimate of drug-likeness (QED) is 0.879. The minimum atomic E-state index is -0.510. The van der Waals surface area contributed by atoms with Crippen LogP contribution < -0.4 is 0 Å². The number of hydrogen-bond donors (Lipinski definition) is 1. The van der Waals surface area contributed by atoms with Crippen LogP contribution in [-0.2, 0) is 4.79 Å². The number of amides is 2. The van der Waals surface area contributed by atoms with E-state index in [1.54, 1.807) is 21.9 Å². The van der Waals surface area contributed by atoms with Crippen molar-refractivity contribution in [1.82, 2.24) is 9.80 Å². The summed E-state index contributed by atoms with van der Waals surface area (Å²) in [7, 11) is 0. The van der Waals surface area contributed by atoms with Crippen LogP contribution in [0.25, 0.3) is 0 Å². The number of likely N-dealkylation sites (tertiary alicyclic amines) is 1. The van der Waals surface area contributed by atoms with E-state index in [1.165, 1.54) is 6.07 Å². The van der Waals surface area contributed by atoms with E-state index in [-0.39, 0.29) is 25.0 Å². The standard InChI is InChI=1S/C16H20Cl2N2O3/c1-2-19(8-9-21)16(23)14-4-3-7-20(14)15(22)12-10-11(17)5-6-13(12)18/h5-6,10,14,21H,2-4,7-9H2,1H3. The van der Waals surface area contributed by atoms with E-state index in [0.29, 0.717) is 35.1 Å². The molecule has 1 aliphatic heterocycles. The van der Waals surface area contributed by atoms with Crippen LogP contribution in [0.4, 0.5) is 0 Å². The van der Waals surface area contributed by atoms with Gasteiger partial charge in [-0.05, 0) is 38.0 Å². The molecule has 1 aromatic carbocycles. The highest BCUT2D eigenvalue weighted by Crippen LogP contribution is 2.27. The van der Waals surface area contributed by atoms with E-state index in [9.17, 15) is 9.59 Å². The first-order valence-electron chi connectivity index (χ1n) is 7.65. The van der Waals surface area contributed by atoms with Crippen molar-refractivity contribution in [3.63, 3.8) is 0 Å². The summed E-state index contributed by atoms with van der Waals surface area (Å²) in [5.74, 6) is -0.418. The number of carbonyl (C=O) groups excluding carboxylic acids is 2. The van der Waals surface area contributed by atoms with Crippen LogP contribution in [0.15, 0.2) is 18.2 Å². The third-order valence-electron chi connectivity index (χ3n) is 4.02. The Bertz CT molecular complexity index is 595. The number of nitrogens with zero attached hydrogens (tertiary/aromatic N) is 2. The lowest BCUT2D eigenvalue weighted by molar-refractivity contribution is -0.135. The zero-order valence-corrected chi connectivity index (χ0v) is 14.5. The van der Waals surface area contributed by atoms with Gasteiger partial charge < -0.3 is 14.9 Å². The second kappa shape index (κ2) is 7.99. The fraction of sp³-hybridized carbons (Fsp3) is 0.500. The van der Waals surface area contributed by atoms with Crippen LogP contribution in [0.3, 0.4) is 0 Å². The zero-order chi connectivity index (χ0) is 17.0. The molecule has 2 rings (SSSR count). The van der Waals surface area contributed by atoms with Gasteiger partial charge in [-0.15, -0.1) is 0 Å². The third-order valence-corrected chi connectivity index (χ3v) is 4.59. The largest absolute Gasteiger partial charge is 0.395 e. The number of hydrogen-bond acceptors (Lipinski definition) is 3. The normalized spacial score (nSPS) is 17.4. The Morgan fingerprint density at radius 1 is 1.39 bits per heavy atom. The van der Waals surface area contributed by atoms with E-state index in [4.69, 9.17) is 28.3 Å². The molecule has 0 aromatic heterocycles. The first-order valence-corrected chi connectivity index (χ1v) is 8.40. The number of benzene rings is 1. The van der Waals surface area contributed by atoms with Crippen LogP contribution in [0.1, 0.15) is 30.1 Å². The highest BCUT2D eigenvalue weighted by Gasteiger charge is 2.37. The van der Waals surface area contributed by atoms with E-state index < -0.39 is 6.04 Å². The molecule has 5 nitrogen and oxygen atoms in total. The number of carbonyl (C=O) groups is 2. The molecular formula is C16H20Cl2N2O3. The second-order valence-electron chi connectivity index (χ2n) is 5.42. The number of halogens is 2. The predicted molar refractivity (Wildman–Crippen MR) is 89.9 cm³/mol. The van der Waals surface area contributed by atoms with Gasteiger partial charge in [0.1, 0.15) is 6.04 Å². The summed E-state index contributed by atoms with van der Waals surface area (Å²) in [5.41, 5.74) is 0.309. The third kappa shape index (κ3) is 3.97. The Kier molecular flexibility index (Phi) is 6.27. The Morgan fingerprint density at radius 2 is 2.13 bits per heavy atom. The monoisotopic (exact) mass is 358 g/mol. The molecule has 1 aromatic rings. The van der Waals surface area contributed by atoms with Crippen molar-refractivity contribution < 1.29 is 14.7 Å². The lowest BCUT2D eigenvalue weighted by Crippen LogP contribution is -2.48. The molecule has 0 bridgehead atoms. The van der Waals surface area contributed by atoms with Crippen molar-refractivity contribution in [2.24, 2.45) is 0 Å². The Morgan fingerprint density at radius 3 is 2.78 bits per heavy atom. The zero-order valence-electron chi connectivity index (χ0n) is 13.0. The summed E-state index contributed by atoms with van der Waals surface area (Å²) in [6.45, 7) is 3.03. The molecule has 1 heterocycles. The summed E-state index contributed by atoms with van der Waals surface area (Å²) >= 11 is 12.1. The van der Waals surface area contributed by atoms with Gasteiger partial charge >= 0.3 is 0 Å². The van der Waals surface area contributed by atoms with Gasteiger partial charge in [0.05, 0.1) is 17.2 Å². The maximum absolute atomic E-state index is 12.8. The highest BCUT2D eigenvalue weighted by molar-refractivity contribution is 6.35. The van der Waals surface area contributed by atoms with Gasteiger partial charge in [0.2, 0.25) is 5.91 Å². The topological polar surface area (TPSA) is 60.9 Å². The first kappa shape index (κ1) is 18.0. The molecule has 2 amide bonds. The van der Waals surface area contributed by atoms with Gasteiger partial charge in [-0.3, -0.25) is 9.59 Å². The number of aliphatic hydroxyl groups is 1. The smallest absolute Gasteiger partial charge is 0.256 e. The van der Waals surface area contributed by atoms with E-state index in [1.807, 2.05) is 6.92 Å². The summed E-state index contributed by atoms with van der Waals surface area (Å²) < 4.78 is 0. The minimum absolute atomic E-state index is 0.0969. The van der Waals surface area contributed by atoms with Crippen molar-refractivity contribution in [1.29, 1.82) is 0 Å². The van der Waals surface area contributed by atoms with Crippen molar-refractivity contribution >= 4 is 35.0 Å². The molecule has 1 atom stereocenters. The van der Waals surface area contributed by atoms with Crippen LogP contribution in [0, 0.1) is 0 Å².